The molecule has 88 valence electrons. The third-order valence-corrected chi connectivity index (χ3v) is 4.20. The molecule has 1 aliphatic heterocycles. The smallest absolute Gasteiger partial charge is 0.292 e. The molecular weight excluding hydrogens is 232 g/mol. The lowest BCUT2D eigenvalue weighted by Gasteiger charge is -2.15. The van der Waals surface area contributed by atoms with Crippen LogP contribution in [0.4, 0.5) is 6.01 Å². The lowest BCUT2D eigenvalue weighted by atomic mass is 10.0. The first-order valence-electron chi connectivity index (χ1n) is 5.73. The van der Waals surface area contributed by atoms with Crippen molar-refractivity contribution in [2.45, 2.75) is 24.7 Å². The molecule has 1 aliphatic rings. The highest BCUT2D eigenvalue weighted by atomic mass is 32.2. The first-order chi connectivity index (χ1) is 8.24. The van der Waals surface area contributed by atoms with E-state index in [9.17, 15) is 0 Å². The minimum Gasteiger partial charge on any atom is -0.429 e. The number of nitrogens with zero attached hydrogens (tertiary/aromatic N) is 1. The van der Waals surface area contributed by atoms with E-state index in [1.807, 2.05) is 18.7 Å². The van der Waals surface area contributed by atoms with E-state index in [0.717, 1.165) is 23.4 Å². The Hall–Kier alpha value is -1.42. The van der Waals surface area contributed by atoms with Crippen LogP contribution in [0.15, 0.2) is 27.5 Å². The molecule has 2 N–H and O–H groups in total. The minimum atomic E-state index is 0.240. The van der Waals surface area contributed by atoms with Crippen molar-refractivity contribution < 1.29 is 4.42 Å². The predicted molar refractivity (Wildman–Crippen MR) is 70.1 cm³/mol. The van der Waals surface area contributed by atoms with Gasteiger partial charge in [0.05, 0.1) is 0 Å². The molecule has 1 aromatic heterocycles. The molecule has 2 heterocycles. The number of hydrogen-bond donors (Lipinski definition) is 1. The number of fused-ring (bicyclic) bond motifs is 1. The Morgan fingerprint density at radius 3 is 3.06 bits per heavy atom. The molecule has 3 nitrogen and oxygen atoms in total. The largest absolute Gasteiger partial charge is 0.429 e. The Bertz CT molecular complexity index is 563. The van der Waals surface area contributed by atoms with E-state index in [0.29, 0.717) is 0 Å². The quantitative estimate of drug-likeness (QED) is 0.839. The number of aryl methyl sites for hydroxylation is 2. The van der Waals surface area contributed by atoms with Crippen LogP contribution in [0, 0.1) is 6.92 Å². The number of oxazole rings is 1. The molecule has 0 bridgehead atoms. The van der Waals surface area contributed by atoms with E-state index in [-0.39, 0.29) is 6.01 Å². The van der Waals surface area contributed by atoms with Gasteiger partial charge in [-0.2, -0.15) is 4.98 Å². The summed E-state index contributed by atoms with van der Waals surface area (Å²) in [6.07, 6.45) is 2.41. The molecule has 1 aromatic carbocycles. The van der Waals surface area contributed by atoms with Gasteiger partial charge in [0.1, 0.15) is 11.5 Å². The SMILES string of the molecule is Cc1oc(N)nc1-c1ccc2c(c1)CCCS2. The monoisotopic (exact) mass is 246 g/mol. The summed E-state index contributed by atoms with van der Waals surface area (Å²) in [6, 6.07) is 6.73. The maximum Gasteiger partial charge on any atom is 0.292 e. The third kappa shape index (κ3) is 1.93. The summed E-state index contributed by atoms with van der Waals surface area (Å²) in [5.41, 5.74) is 8.95. The van der Waals surface area contributed by atoms with Gasteiger partial charge >= 0.3 is 0 Å². The normalized spacial score (nSPS) is 14.6. The molecule has 0 saturated heterocycles. The van der Waals surface area contributed by atoms with Gasteiger partial charge in [-0.25, -0.2) is 0 Å². The van der Waals surface area contributed by atoms with E-state index in [1.165, 1.54) is 22.6 Å². The highest BCUT2D eigenvalue weighted by Crippen LogP contribution is 2.34. The predicted octanol–water partition coefficient (Wildman–Crippen LogP) is 3.27. The molecule has 0 saturated carbocycles. The van der Waals surface area contributed by atoms with Gasteiger partial charge in [-0.15, -0.1) is 11.8 Å². The van der Waals surface area contributed by atoms with Gasteiger partial charge in [-0.3, -0.25) is 0 Å². The summed E-state index contributed by atoms with van der Waals surface area (Å²) in [4.78, 5) is 5.63. The van der Waals surface area contributed by atoms with Gasteiger partial charge in [0.2, 0.25) is 0 Å². The van der Waals surface area contributed by atoms with Gasteiger partial charge in [0.15, 0.2) is 0 Å². The number of thioether (sulfide) groups is 1. The number of benzene rings is 1. The Balaban J connectivity index is 2.06. The van der Waals surface area contributed by atoms with E-state index < -0.39 is 0 Å². The second-order valence-electron chi connectivity index (χ2n) is 4.23. The van der Waals surface area contributed by atoms with Gasteiger partial charge < -0.3 is 10.2 Å². The van der Waals surface area contributed by atoms with E-state index in [1.54, 1.807) is 0 Å². The van der Waals surface area contributed by atoms with Gasteiger partial charge in [-0.05, 0) is 43.2 Å². The number of nitrogen functional groups attached to an aromatic ring is 1. The zero-order valence-corrected chi connectivity index (χ0v) is 10.5. The maximum atomic E-state index is 5.57. The Morgan fingerprint density at radius 1 is 1.41 bits per heavy atom. The standard InChI is InChI=1S/C13H14N2OS/c1-8-12(15-13(14)16-8)10-4-5-11-9(7-10)3-2-6-17-11/h4-5,7H,2-3,6H2,1H3,(H2,14,15). The zero-order valence-electron chi connectivity index (χ0n) is 9.69. The summed E-state index contributed by atoms with van der Waals surface area (Å²) >= 11 is 1.93. The van der Waals surface area contributed by atoms with Crippen molar-refractivity contribution in [3.63, 3.8) is 0 Å². The molecular formula is C13H14N2OS. The first kappa shape index (κ1) is 10.7. The average molecular weight is 246 g/mol. The summed E-state index contributed by atoms with van der Waals surface area (Å²) in [6.45, 7) is 1.90. The van der Waals surface area contributed by atoms with Crippen molar-refractivity contribution in [2.24, 2.45) is 0 Å². The van der Waals surface area contributed by atoms with Crippen molar-refractivity contribution in [3.8, 4) is 11.3 Å². The topological polar surface area (TPSA) is 52.0 Å². The molecule has 0 atom stereocenters. The van der Waals surface area contributed by atoms with Crippen LogP contribution >= 0.6 is 11.8 Å². The fourth-order valence-corrected chi connectivity index (χ4v) is 3.21. The Labute approximate surface area is 104 Å². The lowest BCUT2D eigenvalue weighted by Crippen LogP contribution is -1.98. The van der Waals surface area contributed by atoms with E-state index in [4.69, 9.17) is 10.2 Å². The summed E-state index contributed by atoms with van der Waals surface area (Å²) in [7, 11) is 0. The average Bonchev–Trinajstić information content (AvgIpc) is 2.68. The number of anilines is 1. The van der Waals surface area contributed by atoms with Crippen LogP contribution in [0.5, 0.6) is 0 Å². The molecule has 0 radical (unpaired) electrons. The minimum absolute atomic E-state index is 0.240. The van der Waals surface area contributed by atoms with Crippen molar-refractivity contribution in [2.75, 3.05) is 11.5 Å². The summed E-state index contributed by atoms with van der Waals surface area (Å²) in [5.74, 6) is 2.01. The van der Waals surface area contributed by atoms with Gasteiger partial charge in [0.25, 0.3) is 6.01 Å². The fourth-order valence-electron chi connectivity index (χ4n) is 2.19. The van der Waals surface area contributed by atoms with Crippen molar-refractivity contribution in [1.29, 1.82) is 0 Å². The highest BCUT2D eigenvalue weighted by molar-refractivity contribution is 7.99. The van der Waals surface area contributed by atoms with Gasteiger partial charge in [0, 0.05) is 10.5 Å². The number of hydrogen-bond acceptors (Lipinski definition) is 4. The number of aromatic nitrogens is 1. The first-order valence-corrected chi connectivity index (χ1v) is 6.71. The van der Waals surface area contributed by atoms with Crippen molar-refractivity contribution >= 4 is 17.8 Å². The molecule has 0 spiro atoms. The van der Waals surface area contributed by atoms with Crippen LogP contribution in [-0.4, -0.2) is 10.7 Å². The molecule has 3 rings (SSSR count). The second-order valence-corrected chi connectivity index (χ2v) is 5.37. The molecule has 0 unspecified atom stereocenters. The third-order valence-electron chi connectivity index (χ3n) is 3.00. The number of rotatable bonds is 1. The van der Waals surface area contributed by atoms with E-state index in [2.05, 4.69) is 23.2 Å². The van der Waals surface area contributed by atoms with Crippen LogP contribution < -0.4 is 5.73 Å². The van der Waals surface area contributed by atoms with E-state index >= 15 is 0 Å². The lowest BCUT2D eigenvalue weighted by molar-refractivity contribution is 0.549. The molecule has 17 heavy (non-hydrogen) atoms. The van der Waals surface area contributed by atoms with Crippen molar-refractivity contribution in [3.05, 3.63) is 29.5 Å². The highest BCUT2D eigenvalue weighted by Gasteiger charge is 2.14. The van der Waals surface area contributed by atoms with Crippen LogP contribution in [-0.2, 0) is 6.42 Å². The van der Waals surface area contributed by atoms with Crippen LogP contribution in [0.3, 0.4) is 0 Å². The summed E-state index contributed by atoms with van der Waals surface area (Å²) in [5, 5.41) is 0. The molecule has 0 amide bonds. The number of nitrogens with two attached hydrogens (primary N) is 1. The van der Waals surface area contributed by atoms with Crippen LogP contribution in [0.1, 0.15) is 17.7 Å². The second kappa shape index (κ2) is 4.11. The Morgan fingerprint density at radius 2 is 2.29 bits per heavy atom. The van der Waals surface area contributed by atoms with Gasteiger partial charge in [-0.1, -0.05) is 6.07 Å². The molecule has 0 fully saturated rings. The Kier molecular flexibility index (Phi) is 2.59. The zero-order chi connectivity index (χ0) is 11.8. The van der Waals surface area contributed by atoms with Crippen LogP contribution in [0.2, 0.25) is 0 Å². The molecule has 0 aliphatic carbocycles. The van der Waals surface area contributed by atoms with Crippen LogP contribution in [0.25, 0.3) is 11.3 Å². The molecule has 2 aromatic rings. The maximum absolute atomic E-state index is 5.57. The molecule has 4 heteroatoms. The van der Waals surface area contributed by atoms with Crippen molar-refractivity contribution in [1.82, 2.24) is 4.98 Å². The summed E-state index contributed by atoms with van der Waals surface area (Å²) < 4.78 is 5.27. The fraction of sp³-hybridized carbons (Fsp3) is 0.308.